The zero-order valence-corrected chi connectivity index (χ0v) is 17.2. The van der Waals surface area contributed by atoms with E-state index in [-0.39, 0.29) is 11.8 Å². The minimum atomic E-state index is 0.0626. The summed E-state index contributed by atoms with van der Waals surface area (Å²) in [5.74, 6) is 1.44. The fourth-order valence-corrected chi connectivity index (χ4v) is 4.09. The van der Waals surface area contributed by atoms with Crippen molar-refractivity contribution in [1.29, 1.82) is 0 Å². The Labute approximate surface area is 177 Å². The number of ether oxygens (including phenoxy) is 1. The molecule has 0 bridgehead atoms. The van der Waals surface area contributed by atoms with Gasteiger partial charge in [-0.05, 0) is 61.1 Å². The van der Waals surface area contributed by atoms with Crippen LogP contribution in [0.3, 0.4) is 0 Å². The summed E-state index contributed by atoms with van der Waals surface area (Å²) in [7, 11) is 0. The van der Waals surface area contributed by atoms with Crippen molar-refractivity contribution in [2.45, 2.75) is 32.1 Å². The molecular formula is C24H29N3O3. The zero-order chi connectivity index (χ0) is 20.8. The Hall–Kier alpha value is -3.02. The molecule has 1 fully saturated rings. The highest BCUT2D eigenvalue weighted by Crippen LogP contribution is 2.27. The molecule has 0 spiro atoms. The first-order chi connectivity index (χ1) is 14.7. The largest absolute Gasteiger partial charge is 0.494 e. The maximum absolute atomic E-state index is 12.2. The van der Waals surface area contributed by atoms with Crippen molar-refractivity contribution in [3.63, 3.8) is 0 Å². The first-order valence-electron chi connectivity index (χ1n) is 10.8. The highest BCUT2D eigenvalue weighted by molar-refractivity contribution is 5.94. The lowest BCUT2D eigenvalue weighted by Gasteiger charge is -2.18. The van der Waals surface area contributed by atoms with Crippen LogP contribution in [0.2, 0.25) is 0 Å². The monoisotopic (exact) mass is 407 g/mol. The van der Waals surface area contributed by atoms with E-state index >= 15 is 0 Å². The summed E-state index contributed by atoms with van der Waals surface area (Å²) in [6.45, 7) is 3.28. The number of hydrogen-bond donors (Lipinski definition) is 2. The smallest absolute Gasteiger partial charge is 0.224 e. The van der Waals surface area contributed by atoms with Crippen LogP contribution in [0.5, 0.6) is 5.75 Å². The molecular weight excluding hydrogens is 378 g/mol. The van der Waals surface area contributed by atoms with Gasteiger partial charge in [-0.3, -0.25) is 9.59 Å². The molecule has 2 N–H and O–H groups in total. The number of carbonyl (C=O) groups is 2. The van der Waals surface area contributed by atoms with Crippen LogP contribution in [0, 0.1) is 5.92 Å². The molecule has 1 atom stereocenters. The number of fused-ring (bicyclic) bond motifs is 1. The van der Waals surface area contributed by atoms with E-state index in [2.05, 4.69) is 39.8 Å². The van der Waals surface area contributed by atoms with Crippen molar-refractivity contribution < 1.29 is 14.3 Å². The first kappa shape index (κ1) is 20.3. The summed E-state index contributed by atoms with van der Waals surface area (Å²) in [6.07, 6.45) is 3.51. The summed E-state index contributed by atoms with van der Waals surface area (Å²) in [4.78, 5) is 26.0. The van der Waals surface area contributed by atoms with Crippen molar-refractivity contribution in [2.75, 3.05) is 36.5 Å². The number of amides is 2. The topological polar surface area (TPSA) is 70.7 Å². The summed E-state index contributed by atoms with van der Waals surface area (Å²) in [5.41, 5.74) is 3.23. The van der Waals surface area contributed by atoms with E-state index in [0.29, 0.717) is 31.8 Å². The molecule has 2 aromatic rings. The molecule has 0 radical (unpaired) electrons. The third kappa shape index (κ3) is 5.32. The van der Waals surface area contributed by atoms with E-state index in [4.69, 9.17) is 4.74 Å². The van der Waals surface area contributed by atoms with E-state index in [0.717, 1.165) is 49.5 Å². The van der Waals surface area contributed by atoms with Gasteiger partial charge in [-0.15, -0.1) is 0 Å². The number of nitrogens with one attached hydrogen (secondary N) is 2. The second-order valence-corrected chi connectivity index (χ2v) is 8.06. The number of rotatable bonds is 8. The second-order valence-electron chi connectivity index (χ2n) is 8.06. The van der Waals surface area contributed by atoms with Gasteiger partial charge in [0.05, 0.1) is 6.61 Å². The fourth-order valence-electron chi connectivity index (χ4n) is 4.09. The Balaban J connectivity index is 1.12. The number of nitrogens with zero attached hydrogens (tertiary/aromatic N) is 1. The molecule has 6 nitrogen and oxygen atoms in total. The van der Waals surface area contributed by atoms with Gasteiger partial charge in [0, 0.05) is 43.9 Å². The van der Waals surface area contributed by atoms with Gasteiger partial charge in [0.15, 0.2) is 0 Å². The van der Waals surface area contributed by atoms with Crippen LogP contribution in [-0.2, 0) is 16.0 Å². The maximum atomic E-state index is 12.2. The first-order valence-corrected chi connectivity index (χ1v) is 10.8. The quantitative estimate of drug-likeness (QED) is 0.658. The van der Waals surface area contributed by atoms with Gasteiger partial charge in [0.2, 0.25) is 11.8 Å². The van der Waals surface area contributed by atoms with E-state index < -0.39 is 0 Å². The van der Waals surface area contributed by atoms with Gasteiger partial charge >= 0.3 is 0 Å². The Morgan fingerprint density at radius 1 is 1.17 bits per heavy atom. The lowest BCUT2D eigenvalue weighted by atomic mass is 10.0. The molecule has 0 aliphatic carbocycles. The van der Waals surface area contributed by atoms with Crippen molar-refractivity contribution >= 4 is 23.2 Å². The number of benzene rings is 2. The van der Waals surface area contributed by atoms with Crippen molar-refractivity contribution in [2.24, 2.45) is 5.92 Å². The summed E-state index contributed by atoms with van der Waals surface area (Å²) in [6, 6.07) is 16.2. The van der Waals surface area contributed by atoms with Crippen molar-refractivity contribution in [1.82, 2.24) is 5.32 Å². The van der Waals surface area contributed by atoms with Crippen LogP contribution in [0.15, 0.2) is 48.5 Å². The Morgan fingerprint density at radius 2 is 2.03 bits per heavy atom. The molecule has 2 amide bonds. The van der Waals surface area contributed by atoms with E-state index in [1.807, 2.05) is 24.3 Å². The number of anilines is 2. The van der Waals surface area contributed by atoms with Gasteiger partial charge in [-0.25, -0.2) is 0 Å². The Bertz CT molecular complexity index is 885. The number of carbonyl (C=O) groups excluding carboxylic acids is 2. The predicted octanol–water partition coefficient (Wildman–Crippen LogP) is 3.37. The Morgan fingerprint density at radius 3 is 2.90 bits per heavy atom. The summed E-state index contributed by atoms with van der Waals surface area (Å²) in [5, 5.41) is 5.95. The molecule has 2 aliphatic heterocycles. The molecule has 2 aromatic carbocycles. The number of hydrogen-bond acceptors (Lipinski definition) is 4. The molecule has 158 valence electrons. The minimum Gasteiger partial charge on any atom is -0.494 e. The van der Waals surface area contributed by atoms with Crippen LogP contribution < -0.4 is 20.3 Å². The molecule has 0 saturated carbocycles. The van der Waals surface area contributed by atoms with Crippen LogP contribution in [0.1, 0.15) is 31.2 Å². The third-order valence-corrected chi connectivity index (χ3v) is 5.78. The summed E-state index contributed by atoms with van der Waals surface area (Å²) < 4.78 is 5.79. The highest BCUT2D eigenvalue weighted by Gasteiger charge is 2.22. The molecule has 2 aliphatic rings. The van der Waals surface area contributed by atoms with Crippen LogP contribution in [0.25, 0.3) is 0 Å². The highest BCUT2D eigenvalue weighted by atomic mass is 16.5. The van der Waals surface area contributed by atoms with Gasteiger partial charge in [0.25, 0.3) is 0 Å². The zero-order valence-electron chi connectivity index (χ0n) is 17.2. The minimum absolute atomic E-state index is 0.0626. The van der Waals surface area contributed by atoms with E-state index in [9.17, 15) is 9.59 Å². The van der Waals surface area contributed by atoms with Crippen LogP contribution in [0.4, 0.5) is 11.4 Å². The second kappa shape index (κ2) is 9.65. The molecule has 1 saturated heterocycles. The molecule has 2 heterocycles. The molecule has 0 aromatic heterocycles. The van der Waals surface area contributed by atoms with Crippen LogP contribution in [-0.4, -0.2) is 38.1 Å². The average Bonchev–Trinajstić information content (AvgIpc) is 3.25. The predicted molar refractivity (Wildman–Crippen MR) is 118 cm³/mol. The fraction of sp³-hybridized carbons (Fsp3) is 0.417. The lowest BCUT2D eigenvalue weighted by molar-refractivity contribution is -0.121. The number of aryl methyl sites for hydroxylation is 1. The van der Waals surface area contributed by atoms with Gasteiger partial charge in [-0.2, -0.15) is 0 Å². The molecule has 6 heteroatoms. The normalized spacial score (nSPS) is 17.9. The standard InChI is InChI=1S/C24H29N3O3/c28-23(25-16-18-12-13-27(17-18)20-5-2-1-3-6-20)7-4-14-30-21-9-10-22-19(15-21)8-11-24(29)26-22/h1-3,5-6,9-10,15,18H,4,7-8,11-14,16-17H2,(H,25,28)(H,26,29). The van der Waals surface area contributed by atoms with Gasteiger partial charge in [0.1, 0.15) is 5.75 Å². The van der Waals surface area contributed by atoms with E-state index in [1.165, 1.54) is 5.69 Å². The molecule has 1 unspecified atom stereocenters. The Kier molecular flexibility index (Phi) is 6.52. The van der Waals surface area contributed by atoms with Gasteiger partial charge in [-0.1, -0.05) is 18.2 Å². The van der Waals surface area contributed by atoms with Crippen molar-refractivity contribution in [3.8, 4) is 5.75 Å². The summed E-state index contributed by atoms with van der Waals surface area (Å²) >= 11 is 0. The van der Waals surface area contributed by atoms with Crippen LogP contribution >= 0.6 is 0 Å². The maximum Gasteiger partial charge on any atom is 0.224 e. The molecule has 30 heavy (non-hydrogen) atoms. The number of para-hydroxylation sites is 1. The molecule has 4 rings (SSSR count). The van der Waals surface area contributed by atoms with E-state index in [1.54, 1.807) is 0 Å². The SMILES string of the molecule is O=C(CCCOc1ccc2c(c1)CCC(=O)N2)NCC1CCN(c2ccccc2)C1. The van der Waals surface area contributed by atoms with Gasteiger partial charge < -0.3 is 20.3 Å². The third-order valence-electron chi connectivity index (χ3n) is 5.78. The average molecular weight is 408 g/mol. The van der Waals surface area contributed by atoms with Crippen molar-refractivity contribution in [3.05, 3.63) is 54.1 Å². The lowest BCUT2D eigenvalue weighted by Crippen LogP contribution is -2.31.